The lowest BCUT2D eigenvalue weighted by Crippen LogP contribution is -2.27. The number of nitrogens with zero attached hydrogens (tertiary/aromatic N) is 1. The van der Waals surface area contributed by atoms with Crippen LogP contribution in [0.5, 0.6) is 11.5 Å². The van der Waals surface area contributed by atoms with E-state index >= 15 is 0 Å². The van der Waals surface area contributed by atoms with Crippen molar-refractivity contribution in [1.82, 2.24) is 0 Å². The summed E-state index contributed by atoms with van der Waals surface area (Å²) in [5.74, 6) is 1.29. The van der Waals surface area contributed by atoms with Gasteiger partial charge in [-0.25, -0.2) is 0 Å². The third-order valence-electron chi connectivity index (χ3n) is 4.51. The zero-order chi connectivity index (χ0) is 14.9. The van der Waals surface area contributed by atoms with E-state index in [2.05, 4.69) is 22.0 Å². The molecule has 0 saturated heterocycles. The highest BCUT2D eigenvalue weighted by molar-refractivity contribution is 9.10. The second-order valence-corrected chi connectivity index (χ2v) is 6.68. The molecule has 1 aromatic rings. The van der Waals surface area contributed by atoms with E-state index < -0.39 is 11.5 Å². The van der Waals surface area contributed by atoms with Crippen LogP contribution in [0.4, 0.5) is 0 Å². The largest absolute Gasteiger partial charge is 0.454 e. The summed E-state index contributed by atoms with van der Waals surface area (Å²) in [6.07, 6.45) is 4.97. The van der Waals surface area contributed by atoms with Crippen molar-refractivity contribution in [3.63, 3.8) is 0 Å². The maximum absolute atomic E-state index is 10.8. The highest BCUT2D eigenvalue weighted by Gasteiger charge is 2.40. The number of halogens is 1. The van der Waals surface area contributed by atoms with Crippen LogP contribution in [0.3, 0.4) is 0 Å². The Morgan fingerprint density at radius 1 is 1.19 bits per heavy atom. The minimum absolute atomic E-state index is 0.191. The highest BCUT2D eigenvalue weighted by atomic mass is 79.9. The molecule has 112 valence electrons. The van der Waals surface area contributed by atoms with E-state index in [1.165, 1.54) is 0 Å². The first-order valence-electron chi connectivity index (χ1n) is 7.35. The second kappa shape index (κ2) is 5.86. The molecule has 0 amide bonds. The summed E-state index contributed by atoms with van der Waals surface area (Å²) >= 11 is 3.45. The van der Waals surface area contributed by atoms with Gasteiger partial charge >= 0.3 is 0 Å². The van der Waals surface area contributed by atoms with Crippen molar-refractivity contribution >= 4 is 15.9 Å². The molecule has 2 aliphatic rings. The second-order valence-electron chi connectivity index (χ2n) is 5.82. The van der Waals surface area contributed by atoms with E-state index in [9.17, 15) is 10.4 Å². The monoisotopic (exact) mass is 351 g/mol. The number of aliphatic hydroxyl groups excluding tert-OH is 1. The van der Waals surface area contributed by atoms with E-state index in [1.54, 1.807) is 6.07 Å². The molecule has 0 radical (unpaired) electrons. The smallest absolute Gasteiger partial charge is 0.231 e. The normalized spacial score (nSPS) is 21.4. The summed E-state index contributed by atoms with van der Waals surface area (Å²) in [7, 11) is 0. The number of rotatable bonds is 2. The van der Waals surface area contributed by atoms with E-state index in [0.29, 0.717) is 11.5 Å². The number of hydrogen-bond acceptors (Lipinski definition) is 4. The Labute approximate surface area is 132 Å². The fourth-order valence-electron chi connectivity index (χ4n) is 3.27. The average molecular weight is 352 g/mol. The molecule has 4 nitrogen and oxygen atoms in total. The molecule has 1 atom stereocenters. The van der Waals surface area contributed by atoms with Crippen molar-refractivity contribution in [1.29, 1.82) is 5.26 Å². The Morgan fingerprint density at radius 3 is 2.57 bits per heavy atom. The summed E-state index contributed by atoms with van der Waals surface area (Å²) in [5.41, 5.74) is 0.0264. The summed E-state index contributed by atoms with van der Waals surface area (Å²) in [6.45, 7) is 0.191. The SMILES string of the molecule is N#CC1(C(O)c2cc(Br)c3c(c2)OCO3)CCCCCC1. The molecule has 0 spiro atoms. The number of aliphatic hydroxyl groups is 1. The molecule has 1 aliphatic heterocycles. The van der Waals surface area contributed by atoms with Gasteiger partial charge < -0.3 is 14.6 Å². The standard InChI is InChI=1S/C16H18BrNO3/c17-12-7-11(8-13-14(12)21-10-20-13)15(19)16(9-18)5-3-1-2-4-6-16/h7-8,15,19H,1-6,10H2. The lowest BCUT2D eigenvalue weighted by atomic mass is 9.74. The van der Waals surface area contributed by atoms with Crippen LogP contribution in [0.25, 0.3) is 0 Å². The molecule has 1 aromatic carbocycles. The molecule has 21 heavy (non-hydrogen) atoms. The summed E-state index contributed by atoms with van der Waals surface area (Å²) in [6, 6.07) is 6.03. The molecule has 0 bridgehead atoms. The molecule has 3 rings (SSSR count). The minimum atomic E-state index is -0.800. The van der Waals surface area contributed by atoms with Gasteiger partial charge in [-0.05, 0) is 46.5 Å². The third kappa shape index (κ3) is 2.63. The fourth-order valence-corrected chi connectivity index (χ4v) is 3.84. The first-order valence-corrected chi connectivity index (χ1v) is 8.14. The van der Waals surface area contributed by atoms with Crippen molar-refractivity contribution < 1.29 is 14.6 Å². The summed E-state index contributed by atoms with van der Waals surface area (Å²) in [5, 5.41) is 20.5. The van der Waals surface area contributed by atoms with Crippen molar-refractivity contribution in [2.75, 3.05) is 6.79 Å². The predicted molar refractivity (Wildman–Crippen MR) is 81.0 cm³/mol. The van der Waals surface area contributed by atoms with Crippen LogP contribution in [0.1, 0.15) is 50.2 Å². The molecule has 1 heterocycles. The Balaban J connectivity index is 1.95. The quantitative estimate of drug-likeness (QED) is 0.815. The van der Waals surface area contributed by atoms with Crippen LogP contribution in [0.2, 0.25) is 0 Å². The van der Waals surface area contributed by atoms with Crippen LogP contribution < -0.4 is 9.47 Å². The molecule has 1 unspecified atom stereocenters. The zero-order valence-corrected chi connectivity index (χ0v) is 13.4. The van der Waals surface area contributed by atoms with Gasteiger partial charge in [0.2, 0.25) is 6.79 Å². The van der Waals surface area contributed by atoms with E-state index in [4.69, 9.17) is 9.47 Å². The lowest BCUT2D eigenvalue weighted by Gasteiger charge is -2.31. The Morgan fingerprint density at radius 2 is 1.90 bits per heavy atom. The van der Waals surface area contributed by atoms with Gasteiger partial charge in [-0.15, -0.1) is 0 Å². The first-order chi connectivity index (χ1) is 10.2. The fraction of sp³-hybridized carbons (Fsp3) is 0.562. The predicted octanol–water partition coefficient (Wildman–Crippen LogP) is 4.08. The third-order valence-corrected chi connectivity index (χ3v) is 5.10. The van der Waals surface area contributed by atoms with Gasteiger partial charge in [0.25, 0.3) is 0 Å². The van der Waals surface area contributed by atoms with Crippen molar-refractivity contribution in [2.45, 2.75) is 44.6 Å². The maximum Gasteiger partial charge on any atom is 0.231 e. The first kappa shape index (κ1) is 14.7. The molecule has 1 fully saturated rings. The van der Waals surface area contributed by atoms with Crippen molar-refractivity contribution in [2.24, 2.45) is 5.41 Å². The molecule has 1 saturated carbocycles. The van der Waals surface area contributed by atoms with Crippen LogP contribution in [-0.4, -0.2) is 11.9 Å². The van der Waals surface area contributed by atoms with Gasteiger partial charge in [0.15, 0.2) is 11.5 Å². The van der Waals surface area contributed by atoms with Crippen molar-refractivity contribution in [3.8, 4) is 17.6 Å². The van der Waals surface area contributed by atoms with Crippen molar-refractivity contribution in [3.05, 3.63) is 22.2 Å². The van der Waals surface area contributed by atoms with Gasteiger partial charge in [0, 0.05) is 0 Å². The van der Waals surface area contributed by atoms with Gasteiger partial charge in [-0.2, -0.15) is 5.26 Å². The number of nitriles is 1. The van der Waals surface area contributed by atoms with E-state index in [-0.39, 0.29) is 6.79 Å². The van der Waals surface area contributed by atoms with Crippen LogP contribution in [-0.2, 0) is 0 Å². The van der Waals surface area contributed by atoms with E-state index in [1.807, 2.05) is 6.07 Å². The van der Waals surface area contributed by atoms with Gasteiger partial charge in [-0.1, -0.05) is 25.7 Å². The lowest BCUT2D eigenvalue weighted by molar-refractivity contribution is 0.0514. The summed E-state index contributed by atoms with van der Waals surface area (Å²) < 4.78 is 11.5. The van der Waals surface area contributed by atoms with Gasteiger partial charge in [0.05, 0.1) is 22.1 Å². The number of fused-ring (bicyclic) bond motifs is 1. The zero-order valence-electron chi connectivity index (χ0n) is 11.8. The summed E-state index contributed by atoms with van der Waals surface area (Å²) in [4.78, 5) is 0. The Kier molecular flexibility index (Phi) is 4.10. The molecule has 5 heteroatoms. The molecular formula is C16H18BrNO3. The Bertz CT molecular complexity index is 574. The number of ether oxygens (including phenoxy) is 2. The van der Waals surface area contributed by atoms with Crippen LogP contribution in [0, 0.1) is 16.7 Å². The average Bonchev–Trinajstić information content (AvgIpc) is 2.84. The van der Waals surface area contributed by atoms with Crippen LogP contribution >= 0.6 is 15.9 Å². The molecular weight excluding hydrogens is 334 g/mol. The van der Waals surface area contributed by atoms with Crippen LogP contribution in [0.15, 0.2) is 16.6 Å². The molecule has 1 N–H and O–H groups in total. The highest BCUT2D eigenvalue weighted by Crippen LogP contribution is 2.48. The Hall–Kier alpha value is -1.25. The van der Waals surface area contributed by atoms with Gasteiger partial charge in [-0.3, -0.25) is 0 Å². The number of hydrogen-bond donors (Lipinski definition) is 1. The molecule has 1 aliphatic carbocycles. The topological polar surface area (TPSA) is 62.5 Å². The number of benzene rings is 1. The maximum atomic E-state index is 10.8. The minimum Gasteiger partial charge on any atom is -0.454 e. The van der Waals surface area contributed by atoms with E-state index in [0.717, 1.165) is 48.6 Å². The van der Waals surface area contributed by atoms with Gasteiger partial charge in [0.1, 0.15) is 0 Å². The molecule has 0 aromatic heterocycles.